The van der Waals surface area contributed by atoms with Crippen LogP contribution in [0.3, 0.4) is 0 Å². The van der Waals surface area contributed by atoms with Gasteiger partial charge in [-0.15, -0.1) is 16.0 Å². The van der Waals surface area contributed by atoms with Crippen molar-refractivity contribution in [1.29, 1.82) is 0 Å². The largest absolute Gasteiger partial charge is 0.344 e. The van der Waals surface area contributed by atoms with Crippen molar-refractivity contribution in [3.05, 3.63) is 12.7 Å². The SMILES string of the molecule is C=C[C@@H]1C[C@]1(NC=O)C(=O)NS1(C2CC2)=CC=1. The third kappa shape index (κ3) is 1.60. The monoisotopic (exact) mass is 252 g/mol. The van der Waals surface area contributed by atoms with Crippen LogP contribution in [0.1, 0.15) is 19.3 Å². The van der Waals surface area contributed by atoms with Crippen molar-refractivity contribution < 1.29 is 9.59 Å². The fourth-order valence-corrected chi connectivity index (χ4v) is 4.96. The molecule has 0 spiro atoms. The van der Waals surface area contributed by atoms with Crippen LogP contribution in [0.15, 0.2) is 12.7 Å². The van der Waals surface area contributed by atoms with Crippen molar-refractivity contribution >= 4 is 32.4 Å². The first-order chi connectivity index (χ1) is 8.17. The Balaban J connectivity index is 1.74. The molecular formula is C12H16N2O2S. The van der Waals surface area contributed by atoms with Crippen LogP contribution in [-0.4, -0.2) is 33.8 Å². The smallest absolute Gasteiger partial charge is 0.255 e. The van der Waals surface area contributed by atoms with Gasteiger partial charge in [0.25, 0.3) is 5.91 Å². The van der Waals surface area contributed by atoms with Crippen LogP contribution in [0.5, 0.6) is 0 Å². The highest BCUT2D eigenvalue weighted by Gasteiger charge is 2.59. The molecule has 0 aromatic carbocycles. The Hall–Kier alpha value is -1.23. The fourth-order valence-electron chi connectivity index (χ4n) is 2.31. The molecule has 2 saturated carbocycles. The molecule has 4 nitrogen and oxygen atoms in total. The topological polar surface area (TPSA) is 58.2 Å². The second kappa shape index (κ2) is 3.38. The summed E-state index contributed by atoms with van der Waals surface area (Å²) in [6.45, 7) is 3.70. The van der Waals surface area contributed by atoms with Gasteiger partial charge in [-0.2, -0.15) is 0 Å². The maximum absolute atomic E-state index is 12.3. The van der Waals surface area contributed by atoms with Crippen molar-refractivity contribution in [2.75, 3.05) is 0 Å². The lowest BCUT2D eigenvalue weighted by molar-refractivity contribution is -0.125. The summed E-state index contributed by atoms with van der Waals surface area (Å²) in [5.41, 5.74) is -0.720. The van der Waals surface area contributed by atoms with E-state index in [0.29, 0.717) is 18.1 Å². The molecule has 2 fully saturated rings. The molecule has 0 bridgehead atoms. The lowest BCUT2D eigenvalue weighted by Gasteiger charge is -2.18. The summed E-state index contributed by atoms with van der Waals surface area (Å²) in [6.07, 6.45) is 5.45. The number of nitrogens with one attached hydrogen (secondary N) is 2. The molecule has 0 unspecified atom stereocenters. The van der Waals surface area contributed by atoms with Crippen molar-refractivity contribution in [3.63, 3.8) is 0 Å². The molecule has 0 aromatic rings. The van der Waals surface area contributed by atoms with Gasteiger partial charge in [-0.1, -0.05) is 6.08 Å². The molecule has 3 aliphatic rings. The van der Waals surface area contributed by atoms with E-state index in [0.717, 1.165) is 0 Å². The van der Waals surface area contributed by atoms with E-state index in [4.69, 9.17) is 0 Å². The molecule has 0 saturated heterocycles. The molecule has 17 heavy (non-hydrogen) atoms. The highest BCUT2D eigenvalue weighted by Crippen LogP contribution is 2.50. The molecule has 1 aliphatic heterocycles. The third-order valence-corrected chi connectivity index (χ3v) is 6.77. The number of hydrogen-bond donors (Lipinski definition) is 2. The highest BCUT2D eigenvalue weighted by molar-refractivity contribution is 8.38. The average molecular weight is 252 g/mol. The zero-order valence-electron chi connectivity index (χ0n) is 9.52. The van der Waals surface area contributed by atoms with Crippen LogP contribution in [0, 0.1) is 5.92 Å². The van der Waals surface area contributed by atoms with Crippen LogP contribution in [0.25, 0.3) is 0 Å². The molecule has 92 valence electrons. The van der Waals surface area contributed by atoms with Crippen molar-refractivity contribution in [2.24, 2.45) is 5.92 Å². The molecule has 0 aromatic heterocycles. The molecule has 2 N–H and O–H groups in total. The summed E-state index contributed by atoms with van der Waals surface area (Å²) in [7, 11) is -1.07. The van der Waals surface area contributed by atoms with Gasteiger partial charge in [-0.25, -0.2) is 0 Å². The number of carbonyl (C=O) groups is 2. The molecule has 2 aliphatic carbocycles. The third-order valence-electron chi connectivity index (χ3n) is 3.80. The van der Waals surface area contributed by atoms with E-state index in [9.17, 15) is 9.59 Å². The minimum Gasteiger partial charge on any atom is -0.344 e. The normalized spacial score (nSPS) is 35.9. The predicted octanol–water partition coefficient (Wildman–Crippen LogP) is 0.293. The Kier molecular flexibility index (Phi) is 2.17. The van der Waals surface area contributed by atoms with Gasteiger partial charge in [-0.3, -0.25) is 9.59 Å². The Morgan fingerprint density at radius 2 is 2.18 bits per heavy atom. The van der Waals surface area contributed by atoms with Gasteiger partial charge < -0.3 is 10.0 Å². The second-order valence-corrected chi connectivity index (χ2v) is 7.88. The summed E-state index contributed by atoms with van der Waals surface area (Å²) in [6, 6.07) is 0. The molecule has 2 atom stereocenters. The molecular weight excluding hydrogens is 236 g/mol. The Morgan fingerprint density at radius 3 is 2.59 bits per heavy atom. The lowest BCUT2D eigenvalue weighted by atomic mass is 10.2. The quantitative estimate of drug-likeness (QED) is 0.406. The zero-order chi connectivity index (χ0) is 12.1. The Bertz CT molecular complexity index is 513. The van der Waals surface area contributed by atoms with Crippen LogP contribution in [0.4, 0.5) is 0 Å². The van der Waals surface area contributed by atoms with E-state index in [1.54, 1.807) is 6.08 Å². The van der Waals surface area contributed by atoms with Crippen molar-refractivity contribution in [3.8, 4) is 0 Å². The molecule has 5 heteroatoms. The van der Waals surface area contributed by atoms with E-state index in [1.807, 2.05) is 0 Å². The van der Waals surface area contributed by atoms with Gasteiger partial charge in [0, 0.05) is 11.2 Å². The minimum absolute atomic E-state index is 0.0404. The number of amides is 2. The molecule has 1 heterocycles. The average Bonchev–Trinajstić information content (AvgIpc) is 3.12. The van der Waals surface area contributed by atoms with Crippen LogP contribution in [-0.2, 0) is 9.59 Å². The van der Waals surface area contributed by atoms with Gasteiger partial charge in [-0.05, 0) is 30.0 Å². The van der Waals surface area contributed by atoms with E-state index >= 15 is 0 Å². The summed E-state index contributed by atoms with van der Waals surface area (Å²) in [5.74, 6) is 0.0310. The lowest BCUT2D eigenvalue weighted by Crippen LogP contribution is -2.46. The minimum atomic E-state index is -1.07. The molecule has 0 radical (unpaired) electrons. The molecule has 2 amide bonds. The summed E-state index contributed by atoms with van der Waals surface area (Å²) < 4.78 is 3.15. The van der Waals surface area contributed by atoms with Gasteiger partial charge >= 0.3 is 0 Å². The van der Waals surface area contributed by atoms with Crippen LogP contribution in [0.2, 0.25) is 0 Å². The number of carbonyl (C=O) groups excluding carboxylic acids is 2. The summed E-state index contributed by atoms with van der Waals surface area (Å²) >= 11 is 0. The second-order valence-electron chi connectivity index (χ2n) is 4.94. The van der Waals surface area contributed by atoms with Gasteiger partial charge in [0.1, 0.15) is 5.54 Å². The summed E-state index contributed by atoms with van der Waals surface area (Å²) in [4.78, 5) is 22.9. The maximum atomic E-state index is 12.3. The standard InChI is InChI=1S/C12H16N2O2S/c1-2-9-7-12(9,13-8-15)11(16)14-17(5-6-17)10-3-4-10/h2,5-6,8-10H,1,3-4,7H2,(H,13,15)(H,14,16)/t9-,12-/m1/s1. The van der Waals surface area contributed by atoms with Gasteiger partial charge in [0.15, 0.2) is 0 Å². The fraction of sp³-hybridized carbons (Fsp3) is 0.500. The van der Waals surface area contributed by atoms with Crippen molar-refractivity contribution in [1.82, 2.24) is 10.0 Å². The van der Waals surface area contributed by atoms with Gasteiger partial charge in [0.2, 0.25) is 6.41 Å². The van der Waals surface area contributed by atoms with E-state index < -0.39 is 14.9 Å². The number of rotatable bonds is 6. The van der Waals surface area contributed by atoms with Crippen molar-refractivity contribution in [2.45, 2.75) is 30.1 Å². The van der Waals surface area contributed by atoms with E-state index in [1.165, 1.54) is 12.8 Å². The predicted molar refractivity (Wildman–Crippen MR) is 71.1 cm³/mol. The van der Waals surface area contributed by atoms with E-state index in [-0.39, 0.29) is 11.8 Å². The number of hydrogen-bond acceptors (Lipinski definition) is 2. The first-order valence-electron chi connectivity index (χ1n) is 5.83. The first-order valence-corrected chi connectivity index (χ1v) is 7.65. The molecule has 3 rings (SSSR count). The summed E-state index contributed by atoms with van der Waals surface area (Å²) in [5, 5.41) is 7.57. The first kappa shape index (κ1) is 10.9. The Morgan fingerprint density at radius 1 is 1.47 bits per heavy atom. The zero-order valence-corrected chi connectivity index (χ0v) is 10.3. The maximum Gasteiger partial charge on any atom is 0.255 e. The van der Waals surface area contributed by atoms with Crippen LogP contribution >= 0.6 is 9.39 Å². The van der Waals surface area contributed by atoms with Crippen LogP contribution < -0.4 is 10.0 Å². The van der Waals surface area contributed by atoms with Gasteiger partial charge in [0.05, 0.1) is 0 Å². The Labute approximate surface area is 101 Å². The highest BCUT2D eigenvalue weighted by atomic mass is 32.2. The van der Waals surface area contributed by atoms with E-state index in [2.05, 4.69) is 27.4 Å².